The average Bonchev–Trinajstić information content (AvgIpc) is 3.18. The van der Waals surface area contributed by atoms with Gasteiger partial charge in [-0.1, -0.05) is 12.8 Å². The quantitative estimate of drug-likeness (QED) is 0.736. The van der Waals surface area contributed by atoms with Gasteiger partial charge in [-0.05, 0) is 31.7 Å². The minimum absolute atomic E-state index is 0.0380. The zero-order valence-corrected chi connectivity index (χ0v) is 17.5. The second kappa shape index (κ2) is 8.22. The summed E-state index contributed by atoms with van der Waals surface area (Å²) in [6.45, 7) is 0. The van der Waals surface area contributed by atoms with Crippen LogP contribution < -0.4 is 10.9 Å². The lowest BCUT2D eigenvalue weighted by atomic mass is 10.1. The largest absolute Gasteiger partial charge is 0.380 e. The van der Waals surface area contributed by atoms with Crippen molar-refractivity contribution in [2.75, 3.05) is 16.8 Å². The van der Waals surface area contributed by atoms with Crippen molar-refractivity contribution in [3.8, 4) is 0 Å². The van der Waals surface area contributed by atoms with E-state index in [4.69, 9.17) is 0 Å². The molecule has 1 aliphatic carbocycles. The average molecular weight is 444 g/mol. The zero-order valence-electron chi connectivity index (χ0n) is 15.8. The van der Waals surface area contributed by atoms with E-state index in [0.717, 1.165) is 25.7 Å². The van der Waals surface area contributed by atoms with Crippen molar-refractivity contribution in [1.29, 1.82) is 0 Å². The Bertz CT molecular complexity index is 1070. The van der Waals surface area contributed by atoms with Gasteiger partial charge < -0.3 is 10.3 Å². The van der Waals surface area contributed by atoms with Crippen LogP contribution in [0.2, 0.25) is 0 Å². The third-order valence-electron chi connectivity index (χ3n) is 5.60. The first-order valence-electron chi connectivity index (χ1n) is 9.82. The molecule has 1 aliphatic heterocycles. The second-order valence-electron chi connectivity index (χ2n) is 7.75. The Morgan fingerprint density at radius 3 is 2.52 bits per heavy atom. The molecule has 2 N–H and O–H groups in total. The predicted octanol–water partition coefficient (Wildman–Crippen LogP) is 3.37. The molecule has 1 saturated heterocycles. The summed E-state index contributed by atoms with van der Waals surface area (Å²) in [7, 11) is -2.93. The van der Waals surface area contributed by atoms with Crippen molar-refractivity contribution >= 4 is 38.2 Å². The molecule has 0 amide bonds. The van der Waals surface area contributed by atoms with Crippen molar-refractivity contribution in [3.63, 3.8) is 0 Å². The monoisotopic (exact) mass is 443 g/mol. The van der Waals surface area contributed by atoms with Gasteiger partial charge in [0.2, 0.25) is 0 Å². The topological polar surface area (TPSA) is 91.9 Å². The molecule has 158 valence electrons. The molecule has 1 aromatic heterocycles. The summed E-state index contributed by atoms with van der Waals surface area (Å²) in [5.74, 6) is -1.14. The number of nitrogens with zero attached hydrogens (tertiary/aromatic N) is 1. The van der Waals surface area contributed by atoms with Gasteiger partial charge in [-0.25, -0.2) is 22.2 Å². The fourth-order valence-electron chi connectivity index (χ4n) is 3.98. The fourth-order valence-corrected chi connectivity index (χ4v) is 6.87. The molecule has 0 bridgehead atoms. The number of aromatic nitrogens is 2. The molecule has 6 nitrogen and oxygen atoms in total. The number of sulfone groups is 1. The predicted molar refractivity (Wildman–Crippen MR) is 111 cm³/mol. The molecule has 0 radical (unpaired) electrons. The van der Waals surface area contributed by atoms with Gasteiger partial charge in [0.1, 0.15) is 21.0 Å². The van der Waals surface area contributed by atoms with Crippen LogP contribution in [-0.4, -0.2) is 41.2 Å². The third kappa shape index (κ3) is 4.58. The number of halogens is 2. The SMILES string of the molecule is O=c1[nH]c(CSC2CCS(=O)(=O)CC2)nc2cc(NC3CCCC3)c(F)c(F)c12. The number of fused-ring (bicyclic) bond motifs is 1. The maximum absolute atomic E-state index is 14.5. The van der Waals surface area contributed by atoms with E-state index in [1.54, 1.807) is 0 Å². The van der Waals surface area contributed by atoms with Crippen molar-refractivity contribution in [2.45, 2.75) is 55.6 Å². The lowest BCUT2D eigenvalue weighted by Gasteiger charge is -2.21. The molecule has 2 aliphatic rings. The van der Waals surface area contributed by atoms with Gasteiger partial charge in [-0.2, -0.15) is 11.8 Å². The van der Waals surface area contributed by atoms with Crippen LogP contribution in [0.15, 0.2) is 10.9 Å². The highest BCUT2D eigenvalue weighted by atomic mass is 32.2. The second-order valence-corrected chi connectivity index (χ2v) is 11.3. The van der Waals surface area contributed by atoms with Crippen molar-refractivity contribution in [2.24, 2.45) is 0 Å². The van der Waals surface area contributed by atoms with E-state index in [0.29, 0.717) is 24.4 Å². The summed E-state index contributed by atoms with van der Waals surface area (Å²) < 4.78 is 52.1. The van der Waals surface area contributed by atoms with Crippen LogP contribution in [0.1, 0.15) is 44.3 Å². The van der Waals surface area contributed by atoms with Gasteiger partial charge in [0.25, 0.3) is 5.56 Å². The van der Waals surface area contributed by atoms with Gasteiger partial charge in [0, 0.05) is 11.3 Å². The van der Waals surface area contributed by atoms with E-state index < -0.39 is 27.0 Å². The number of benzene rings is 1. The first-order valence-corrected chi connectivity index (χ1v) is 12.7. The number of anilines is 1. The summed E-state index contributed by atoms with van der Waals surface area (Å²) >= 11 is 1.53. The van der Waals surface area contributed by atoms with Crippen LogP contribution in [-0.2, 0) is 15.6 Å². The smallest absolute Gasteiger partial charge is 0.261 e. The Morgan fingerprint density at radius 2 is 1.83 bits per heavy atom. The minimum atomic E-state index is -2.93. The number of aromatic amines is 1. The number of nitrogens with one attached hydrogen (secondary N) is 2. The minimum Gasteiger partial charge on any atom is -0.380 e. The van der Waals surface area contributed by atoms with Gasteiger partial charge in [0.05, 0.1) is 28.5 Å². The van der Waals surface area contributed by atoms with Gasteiger partial charge in [-0.15, -0.1) is 0 Å². The highest BCUT2D eigenvalue weighted by Gasteiger charge is 2.25. The molecular formula is C19H23F2N3O3S2. The van der Waals surface area contributed by atoms with Gasteiger partial charge in [-0.3, -0.25) is 4.79 Å². The molecule has 2 heterocycles. The highest BCUT2D eigenvalue weighted by molar-refractivity contribution is 7.99. The molecular weight excluding hydrogens is 420 g/mol. The molecule has 29 heavy (non-hydrogen) atoms. The van der Waals surface area contributed by atoms with Crippen molar-refractivity contribution < 1.29 is 17.2 Å². The maximum Gasteiger partial charge on any atom is 0.261 e. The first kappa shape index (κ1) is 20.6. The lowest BCUT2D eigenvalue weighted by Crippen LogP contribution is -2.25. The molecule has 2 fully saturated rings. The lowest BCUT2D eigenvalue weighted by molar-refractivity contribution is 0.516. The Morgan fingerprint density at radius 1 is 1.14 bits per heavy atom. The summed E-state index contributed by atoms with van der Waals surface area (Å²) in [5, 5.41) is 2.84. The molecule has 0 atom stereocenters. The van der Waals surface area contributed by atoms with Crippen LogP contribution in [0.5, 0.6) is 0 Å². The number of H-pyrrole nitrogens is 1. The van der Waals surface area contributed by atoms with E-state index in [2.05, 4.69) is 15.3 Å². The van der Waals surface area contributed by atoms with E-state index >= 15 is 0 Å². The summed E-state index contributed by atoms with van der Waals surface area (Å²) in [6.07, 6.45) is 5.05. The Hall–Kier alpha value is -1.68. The normalized spacial score (nSPS) is 20.3. The zero-order chi connectivity index (χ0) is 20.6. The maximum atomic E-state index is 14.5. The van der Waals surface area contributed by atoms with Crippen LogP contribution in [0.25, 0.3) is 10.9 Å². The number of rotatable bonds is 5. The molecule has 10 heteroatoms. The molecule has 2 aromatic rings. The molecule has 0 unspecified atom stereocenters. The molecule has 1 saturated carbocycles. The van der Waals surface area contributed by atoms with Crippen molar-refractivity contribution in [3.05, 3.63) is 33.9 Å². The number of thioether (sulfide) groups is 1. The van der Waals surface area contributed by atoms with E-state index in [1.165, 1.54) is 17.8 Å². The fraction of sp³-hybridized carbons (Fsp3) is 0.579. The first-order chi connectivity index (χ1) is 13.8. The van der Waals surface area contributed by atoms with Crippen LogP contribution >= 0.6 is 11.8 Å². The van der Waals surface area contributed by atoms with Crippen LogP contribution in [0.4, 0.5) is 14.5 Å². The van der Waals surface area contributed by atoms with E-state index in [-0.39, 0.29) is 39.4 Å². The van der Waals surface area contributed by atoms with Gasteiger partial charge >= 0.3 is 0 Å². The van der Waals surface area contributed by atoms with Crippen LogP contribution in [0, 0.1) is 11.6 Å². The standard InChI is InChI=1S/C19H23F2N3O3S2/c20-17-14(22-11-3-1-2-4-11)9-13-16(18(17)21)19(25)24-15(23-13)10-28-12-5-7-29(26,27)8-6-12/h9,11-12,22H,1-8,10H2,(H,23,24,25). The number of hydrogen-bond donors (Lipinski definition) is 2. The Kier molecular flexibility index (Phi) is 5.83. The Labute approximate surface area is 171 Å². The summed E-state index contributed by atoms with van der Waals surface area (Å²) in [4.78, 5) is 19.2. The van der Waals surface area contributed by atoms with E-state index in [1.807, 2.05) is 0 Å². The Balaban J connectivity index is 1.56. The highest BCUT2D eigenvalue weighted by Crippen LogP contribution is 2.30. The van der Waals surface area contributed by atoms with Crippen LogP contribution in [0.3, 0.4) is 0 Å². The third-order valence-corrected chi connectivity index (χ3v) is 8.70. The molecule has 0 spiro atoms. The van der Waals surface area contributed by atoms with Gasteiger partial charge in [0.15, 0.2) is 11.6 Å². The summed E-state index contributed by atoms with van der Waals surface area (Å²) in [6, 6.07) is 1.50. The summed E-state index contributed by atoms with van der Waals surface area (Å²) in [5.41, 5.74) is -0.549. The van der Waals surface area contributed by atoms with Crippen molar-refractivity contribution in [1.82, 2.24) is 9.97 Å². The van der Waals surface area contributed by atoms with E-state index in [9.17, 15) is 22.0 Å². The number of hydrogen-bond acceptors (Lipinski definition) is 6. The molecule has 1 aromatic carbocycles. The molecule has 4 rings (SSSR count).